The van der Waals surface area contributed by atoms with Gasteiger partial charge >= 0.3 is 11.9 Å². The van der Waals surface area contributed by atoms with Crippen LogP contribution in [0.3, 0.4) is 0 Å². The van der Waals surface area contributed by atoms with Crippen LogP contribution in [0, 0.1) is 0 Å². The van der Waals surface area contributed by atoms with Gasteiger partial charge in [-0.2, -0.15) is 0 Å². The van der Waals surface area contributed by atoms with Crippen molar-refractivity contribution in [3.8, 4) is 0 Å². The average Bonchev–Trinajstić information content (AvgIpc) is 2.21. The lowest BCUT2D eigenvalue weighted by atomic mass is 10.1. The number of aliphatic imine (C=N–C) groups is 1. The molecule has 1 rings (SSSR count). The van der Waals surface area contributed by atoms with Gasteiger partial charge in [0.15, 0.2) is 0 Å². The molecule has 1 aliphatic rings. The average molecular weight is 227 g/mol. The monoisotopic (exact) mass is 227 g/mol. The maximum Gasteiger partial charge on any atom is 0.343 e. The van der Waals surface area contributed by atoms with Gasteiger partial charge in [-0.15, -0.1) is 0 Å². The Labute approximate surface area is 92.2 Å². The molecule has 0 aromatic heterocycles. The van der Waals surface area contributed by atoms with Gasteiger partial charge in [-0.25, -0.2) is 4.79 Å². The molecule has 0 aromatic carbocycles. The van der Waals surface area contributed by atoms with Gasteiger partial charge in [-0.05, 0) is 6.42 Å². The molecule has 6 nitrogen and oxygen atoms in total. The number of carbonyl (C=O) groups is 2. The first kappa shape index (κ1) is 12.2. The Morgan fingerprint density at radius 2 is 2.31 bits per heavy atom. The van der Waals surface area contributed by atoms with Gasteiger partial charge in [0, 0.05) is 25.6 Å². The molecule has 0 bridgehead atoms. The standard InChI is InChI=1S/C10H13NO5/c12-8-3-5-16-10(15)7(8)6-11-4-1-2-9(13)14/h6,12H,1-5H2,(H,13,14). The highest BCUT2D eigenvalue weighted by atomic mass is 16.5. The van der Waals surface area contributed by atoms with Crippen LogP contribution in [-0.2, 0) is 14.3 Å². The van der Waals surface area contributed by atoms with E-state index in [2.05, 4.69) is 4.99 Å². The molecule has 0 aliphatic carbocycles. The van der Waals surface area contributed by atoms with E-state index in [1.54, 1.807) is 0 Å². The third kappa shape index (κ3) is 3.72. The van der Waals surface area contributed by atoms with E-state index in [1.165, 1.54) is 6.21 Å². The van der Waals surface area contributed by atoms with Crippen molar-refractivity contribution in [1.29, 1.82) is 0 Å². The van der Waals surface area contributed by atoms with Crippen molar-refractivity contribution < 1.29 is 24.5 Å². The van der Waals surface area contributed by atoms with Crippen molar-refractivity contribution in [1.82, 2.24) is 0 Å². The number of carboxylic acids is 1. The second-order valence-electron chi connectivity index (χ2n) is 3.28. The van der Waals surface area contributed by atoms with Gasteiger partial charge in [-0.1, -0.05) is 0 Å². The van der Waals surface area contributed by atoms with E-state index in [4.69, 9.17) is 9.84 Å². The van der Waals surface area contributed by atoms with Crippen molar-refractivity contribution in [2.75, 3.05) is 13.2 Å². The molecule has 0 saturated heterocycles. The second kappa shape index (κ2) is 5.89. The topological polar surface area (TPSA) is 96.2 Å². The van der Waals surface area contributed by atoms with E-state index < -0.39 is 11.9 Å². The number of aliphatic carboxylic acids is 1. The lowest BCUT2D eigenvalue weighted by molar-refractivity contribution is -0.140. The molecule has 0 amide bonds. The number of rotatable bonds is 5. The number of esters is 1. The zero-order valence-corrected chi connectivity index (χ0v) is 8.68. The number of hydrogen-bond donors (Lipinski definition) is 2. The fourth-order valence-electron chi connectivity index (χ4n) is 1.18. The highest BCUT2D eigenvalue weighted by Gasteiger charge is 2.19. The quantitative estimate of drug-likeness (QED) is 0.409. The number of cyclic esters (lactones) is 1. The van der Waals surface area contributed by atoms with Gasteiger partial charge in [0.2, 0.25) is 0 Å². The number of aliphatic hydroxyl groups excluding tert-OH is 1. The summed E-state index contributed by atoms with van der Waals surface area (Å²) in [6.45, 7) is 0.484. The van der Waals surface area contributed by atoms with Crippen LogP contribution in [-0.4, -0.2) is 41.5 Å². The van der Waals surface area contributed by atoms with Crippen molar-refractivity contribution in [2.24, 2.45) is 4.99 Å². The van der Waals surface area contributed by atoms with Crippen LogP contribution in [0.1, 0.15) is 19.3 Å². The number of ether oxygens (including phenoxy) is 1. The Hall–Kier alpha value is -1.85. The van der Waals surface area contributed by atoms with Crippen LogP contribution in [0.5, 0.6) is 0 Å². The Balaban J connectivity index is 2.43. The highest BCUT2D eigenvalue weighted by Crippen LogP contribution is 2.12. The van der Waals surface area contributed by atoms with Crippen molar-refractivity contribution in [2.45, 2.75) is 19.3 Å². The molecule has 0 fully saturated rings. The molecule has 0 unspecified atom stereocenters. The molecule has 0 aromatic rings. The lowest BCUT2D eigenvalue weighted by Crippen LogP contribution is -2.18. The zero-order valence-electron chi connectivity index (χ0n) is 8.68. The Kier molecular flexibility index (Phi) is 4.50. The van der Waals surface area contributed by atoms with Crippen LogP contribution in [0.25, 0.3) is 0 Å². The van der Waals surface area contributed by atoms with Crippen molar-refractivity contribution in [3.05, 3.63) is 11.3 Å². The van der Waals surface area contributed by atoms with Crippen LogP contribution >= 0.6 is 0 Å². The first-order valence-electron chi connectivity index (χ1n) is 4.92. The predicted molar refractivity (Wildman–Crippen MR) is 55.5 cm³/mol. The Morgan fingerprint density at radius 1 is 1.56 bits per heavy atom. The molecular formula is C10H13NO5. The van der Waals surface area contributed by atoms with Crippen LogP contribution < -0.4 is 0 Å². The third-order valence-electron chi connectivity index (χ3n) is 2.00. The number of carboxylic acid groups (broad SMARTS) is 1. The van der Waals surface area contributed by atoms with Crippen molar-refractivity contribution in [3.63, 3.8) is 0 Å². The summed E-state index contributed by atoms with van der Waals surface area (Å²) in [5, 5.41) is 17.7. The van der Waals surface area contributed by atoms with Gasteiger partial charge in [0.1, 0.15) is 11.3 Å². The molecule has 16 heavy (non-hydrogen) atoms. The number of aliphatic hydroxyl groups is 1. The molecule has 1 heterocycles. The fraction of sp³-hybridized carbons (Fsp3) is 0.500. The minimum absolute atomic E-state index is 0.0294. The molecule has 6 heteroatoms. The lowest BCUT2D eigenvalue weighted by Gasteiger charge is -2.12. The van der Waals surface area contributed by atoms with Crippen LogP contribution in [0.15, 0.2) is 16.3 Å². The SMILES string of the molecule is O=C(O)CCCN=CC1=C(O)CCOC1=O. The minimum atomic E-state index is -0.880. The number of nitrogens with zero attached hydrogens (tertiary/aromatic N) is 1. The smallest absolute Gasteiger partial charge is 0.343 e. The maximum atomic E-state index is 11.2. The molecule has 2 N–H and O–H groups in total. The van der Waals surface area contributed by atoms with E-state index in [0.717, 1.165) is 0 Å². The summed E-state index contributed by atoms with van der Waals surface area (Å²) in [6, 6.07) is 0. The molecule has 88 valence electrons. The molecule has 0 spiro atoms. The summed E-state index contributed by atoms with van der Waals surface area (Å²) in [5.74, 6) is -1.50. The van der Waals surface area contributed by atoms with E-state index in [0.29, 0.717) is 19.4 Å². The third-order valence-corrected chi connectivity index (χ3v) is 2.00. The van der Waals surface area contributed by atoms with Gasteiger partial charge < -0.3 is 14.9 Å². The number of hydrogen-bond acceptors (Lipinski definition) is 5. The predicted octanol–water partition coefficient (Wildman–Crippen LogP) is 0.681. The first-order chi connectivity index (χ1) is 7.61. The Morgan fingerprint density at radius 3 is 2.94 bits per heavy atom. The van der Waals surface area contributed by atoms with E-state index in [9.17, 15) is 14.7 Å². The van der Waals surface area contributed by atoms with Gasteiger partial charge in [-0.3, -0.25) is 9.79 Å². The highest BCUT2D eigenvalue weighted by molar-refractivity contribution is 6.10. The van der Waals surface area contributed by atoms with Crippen LogP contribution in [0.2, 0.25) is 0 Å². The van der Waals surface area contributed by atoms with Crippen molar-refractivity contribution >= 4 is 18.2 Å². The van der Waals surface area contributed by atoms with Gasteiger partial charge in [0.25, 0.3) is 0 Å². The summed E-state index contributed by atoms with van der Waals surface area (Å²) >= 11 is 0. The summed E-state index contributed by atoms with van der Waals surface area (Å²) in [6.07, 6.45) is 1.96. The minimum Gasteiger partial charge on any atom is -0.511 e. The summed E-state index contributed by atoms with van der Waals surface area (Å²) in [7, 11) is 0. The van der Waals surface area contributed by atoms with E-state index >= 15 is 0 Å². The summed E-state index contributed by atoms with van der Waals surface area (Å²) in [4.78, 5) is 25.2. The molecular weight excluding hydrogens is 214 g/mol. The Bertz CT molecular complexity index is 345. The second-order valence-corrected chi connectivity index (χ2v) is 3.28. The summed E-state index contributed by atoms with van der Waals surface area (Å²) < 4.78 is 4.71. The number of carbonyl (C=O) groups excluding carboxylic acids is 1. The molecule has 0 saturated carbocycles. The zero-order chi connectivity index (χ0) is 12.0. The van der Waals surface area contributed by atoms with E-state index in [-0.39, 0.29) is 24.4 Å². The summed E-state index contributed by atoms with van der Waals surface area (Å²) in [5.41, 5.74) is 0.0570. The largest absolute Gasteiger partial charge is 0.511 e. The van der Waals surface area contributed by atoms with Crippen LogP contribution in [0.4, 0.5) is 0 Å². The maximum absolute atomic E-state index is 11.2. The molecule has 0 radical (unpaired) electrons. The molecule has 0 atom stereocenters. The first-order valence-corrected chi connectivity index (χ1v) is 4.92. The van der Waals surface area contributed by atoms with Gasteiger partial charge in [0.05, 0.1) is 6.61 Å². The molecule has 1 aliphatic heterocycles. The normalized spacial score (nSPS) is 16.6. The fourth-order valence-corrected chi connectivity index (χ4v) is 1.18. The van der Waals surface area contributed by atoms with E-state index in [1.807, 2.05) is 0 Å².